The molecule has 0 bridgehead atoms. The topological polar surface area (TPSA) is 92.5 Å². The van der Waals surface area contributed by atoms with Crippen LogP contribution in [0.15, 0.2) is 18.2 Å². The molecular formula is C13H17FN2O4. The maximum atomic E-state index is 13.9. The molecule has 0 radical (unpaired) electrons. The van der Waals surface area contributed by atoms with Crippen LogP contribution in [0.3, 0.4) is 0 Å². The molecule has 0 heterocycles. The van der Waals surface area contributed by atoms with Gasteiger partial charge in [0.05, 0.1) is 4.92 Å². The van der Waals surface area contributed by atoms with E-state index in [0.717, 1.165) is 6.07 Å². The van der Waals surface area contributed by atoms with Crippen molar-refractivity contribution in [1.82, 2.24) is 5.32 Å². The third kappa shape index (κ3) is 3.11. The van der Waals surface area contributed by atoms with Gasteiger partial charge in [0.1, 0.15) is 5.54 Å². The van der Waals surface area contributed by atoms with Crippen molar-refractivity contribution in [2.24, 2.45) is 0 Å². The fourth-order valence-corrected chi connectivity index (χ4v) is 1.99. The molecule has 6 nitrogen and oxygen atoms in total. The van der Waals surface area contributed by atoms with Crippen molar-refractivity contribution < 1.29 is 19.2 Å². The Hall–Kier alpha value is -2.02. The highest BCUT2D eigenvalue weighted by molar-refractivity contribution is 5.78. The summed E-state index contributed by atoms with van der Waals surface area (Å²) in [6, 6.07) is 3.84. The number of hydrogen-bond acceptors (Lipinski definition) is 4. The summed E-state index contributed by atoms with van der Waals surface area (Å²) < 4.78 is 13.9. The lowest BCUT2D eigenvalue weighted by molar-refractivity contribution is -0.387. The standard InChI is InChI=1S/C13H17FN2O4/c1-3-13(4-2,12(17)18)15-8-9-6-5-7-10(11(9)14)16(19)20/h5-7,15H,3-4,8H2,1-2H3,(H,17,18). The maximum absolute atomic E-state index is 13.9. The van der Waals surface area contributed by atoms with Crippen LogP contribution >= 0.6 is 0 Å². The van der Waals surface area contributed by atoms with E-state index in [4.69, 9.17) is 0 Å². The summed E-state index contributed by atoms with van der Waals surface area (Å²) >= 11 is 0. The molecule has 0 aliphatic carbocycles. The molecule has 2 N–H and O–H groups in total. The molecule has 1 aromatic carbocycles. The minimum Gasteiger partial charge on any atom is -0.480 e. The molecule has 0 saturated heterocycles. The van der Waals surface area contributed by atoms with Crippen molar-refractivity contribution >= 4 is 11.7 Å². The Morgan fingerprint density at radius 2 is 2.05 bits per heavy atom. The van der Waals surface area contributed by atoms with Crippen molar-refractivity contribution in [1.29, 1.82) is 0 Å². The summed E-state index contributed by atoms with van der Waals surface area (Å²) in [5.74, 6) is -1.95. The number of carbonyl (C=O) groups is 1. The average molecular weight is 284 g/mol. The van der Waals surface area contributed by atoms with Crippen molar-refractivity contribution in [3.63, 3.8) is 0 Å². The van der Waals surface area contributed by atoms with Gasteiger partial charge in [-0.2, -0.15) is 4.39 Å². The van der Waals surface area contributed by atoms with Gasteiger partial charge in [-0.3, -0.25) is 20.2 Å². The largest absolute Gasteiger partial charge is 0.480 e. The predicted octanol–water partition coefficient (Wildman–Crippen LogP) is 2.47. The van der Waals surface area contributed by atoms with Crippen molar-refractivity contribution in [3.8, 4) is 0 Å². The number of nitro groups is 1. The second-order valence-electron chi connectivity index (χ2n) is 4.46. The Morgan fingerprint density at radius 3 is 2.50 bits per heavy atom. The van der Waals surface area contributed by atoms with E-state index in [9.17, 15) is 24.4 Å². The molecule has 0 amide bonds. The first-order valence-corrected chi connectivity index (χ1v) is 6.28. The highest BCUT2D eigenvalue weighted by atomic mass is 19.1. The van der Waals surface area contributed by atoms with Gasteiger partial charge in [0.2, 0.25) is 5.82 Å². The quantitative estimate of drug-likeness (QED) is 0.592. The lowest BCUT2D eigenvalue weighted by atomic mass is 9.92. The molecule has 0 fully saturated rings. The van der Waals surface area contributed by atoms with Crippen LogP contribution in [-0.2, 0) is 11.3 Å². The van der Waals surface area contributed by atoms with Gasteiger partial charge in [-0.15, -0.1) is 0 Å². The summed E-state index contributed by atoms with van der Waals surface area (Å²) in [6.07, 6.45) is 0.657. The first-order valence-electron chi connectivity index (χ1n) is 6.28. The number of nitrogens with zero attached hydrogens (tertiary/aromatic N) is 1. The zero-order valence-electron chi connectivity index (χ0n) is 11.4. The fourth-order valence-electron chi connectivity index (χ4n) is 1.99. The van der Waals surface area contributed by atoms with E-state index < -0.39 is 27.9 Å². The van der Waals surface area contributed by atoms with E-state index in [0.29, 0.717) is 12.8 Å². The third-order valence-corrected chi connectivity index (χ3v) is 3.49. The molecule has 0 atom stereocenters. The number of aliphatic carboxylic acids is 1. The van der Waals surface area contributed by atoms with Gasteiger partial charge in [-0.1, -0.05) is 26.0 Å². The van der Waals surface area contributed by atoms with E-state index in [1.807, 2.05) is 0 Å². The zero-order valence-corrected chi connectivity index (χ0v) is 11.4. The van der Waals surface area contributed by atoms with E-state index in [-0.39, 0.29) is 12.1 Å². The molecule has 1 rings (SSSR count). The third-order valence-electron chi connectivity index (χ3n) is 3.49. The molecule has 0 aliphatic heterocycles. The van der Waals surface area contributed by atoms with Crippen LogP contribution < -0.4 is 5.32 Å². The number of hydrogen-bond donors (Lipinski definition) is 2. The van der Waals surface area contributed by atoms with Gasteiger partial charge in [0.25, 0.3) is 0 Å². The summed E-state index contributed by atoms with van der Waals surface area (Å²) in [5.41, 5.74) is -1.69. The van der Waals surface area contributed by atoms with Gasteiger partial charge in [0.15, 0.2) is 0 Å². The predicted molar refractivity (Wildman–Crippen MR) is 70.8 cm³/mol. The summed E-state index contributed by atoms with van der Waals surface area (Å²) in [4.78, 5) is 21.1. The normalized spacial score (nSPS) is 11.3. The Labute approximate surface area is 115 Å². The molecule has 7 heteroatoms. The van der Waals surface area contributed by atoms with Crippen molar-refractivity contribution in [3.05, 3.63) is 39.7 Å². The summed E-state index contributed by atoms with van der Waals surface area (Å²) in [5, 5.41) is 22.7. The number of nitrogens with one attached hydrogen (secondary N) is 1. The molecule has 0 aromatic heterocycles. The number of rotatable bonds is 7. The molecule has 0 saturated carbocycles. The highest BCUT2D eigenvalue weighted by Crippen LogP contribution is 2.22. The van der Waals surface area contributed by atoms with Crippen molar-refractivity contribution in [2.75, 3.05) is 0 Å². The minimum atomic E-state index is -1.16. The molecule has 110 valence electrons. The number of carboxylic acids is 1. The van der Waals surface area contributed by atoms with Gasteiger partial charge >= 0.3 is 11.7 Å². The molecular weight excluding hydrogens is 267 g/mol. The number of benzene rings is 1. The lowest BCUT2D eigenvalue weighted by Gasteiger charge is -2.28. The van der Waals surface area contributed by atoms with Crippen LogP contribution in [0, 0.1) is 15.9 Å². The second kappa shape index (κ2) is 6.42. The zero-order chi connectivity index (χ0) is 15.3. The second-order valence-corrected chi connectivity index (χ2v) is 4.46. The SMILES string of the molecule is CCC(CC)(NCc1cccc([N+](=O)[O-])c1F)C(=O)O. The molecule has 0 spiro atoms. The van der Waals surface area contributed by atoms with Crippen LogP contribution in [0.5, 0.6) is 0 Å². The first kappa shape index (κ1) is 16.0. The minimum absolute atomic E-state index is 0.0757. The van der Waals surface area contributed by atoms with Crippen LogP contribution in [0.4, 0.5) is 10.1 Å². The smallest absolute Gasteiger partial charge is 0.323 e. The number of nitro benzene ring substituents is 1. The summed E-state index contributed by atoms with van der Waals surface area (Å²) in [7, 11) is 0. The van der Waals surface area contributed by atoms with Gasteiger partial charge in [-0.05, 0) is 12.8 Å². The van der Waals surface area contributed by atoms with E-state index in [1.165, 1.54) is 12.1 Å². The highest BCUT2D eigenvalue weighted by Gasteiger charge is 2.34. The van der Waals surface area contributed by atoms with Gasteiger partial charge in [0, 0.05) is 18.2 Å². The van der Waals surface area contributed by atoms with Crippen LogP contribution in [0.1, 0.15) is 32.3 Å². The van der Waals surface area contributed by atoms with E-state index >= 15 is 0 Å². The van der Waals surface area contributed by atoms with Gasteiger partial charge in [-0.25, -0.2) is 0 Å². The Balaban J connectivity index is 2.97. The first-order chi connectivity index (χ1) is 9.38. The Kier molecular flexibility index (Phi) is 5.15. The summed E-state index contributed by atoms with van der Waals surface area (Å²) in [6.45, 7) is 3.35. The Bertz CT molecular complexity index is 515. The maximum Gasteiger partial charge on any atom is 0.323 e. The molecule has 0 unspecified atom stereocenters. The van der Waals surface area contributed by atoms with Crippen LogP contribution in [0.2, 0.25) is 0 Å². The Morgan fingerprint density at radius 1 is 1.45 bits per heavy atom. The number of carboxylic acid groups (broad SMARTS) is 1. The monoisotopic (exact) mass is 284 g/mol. The lowest BCUT2D eigenvalue weighted by Crippen LogP contribution is -2.50. The van der Waals surface area contributed by atoms with E-state index in [2.05, 4.69) is 5.32 Å². The molecule has 0 aliphatic rings. The fraction of sp³-hybridized carbons (Fsp3) is 0.462. The average Bonchev–Trinajstić information content (AvgIpc) is 2.41. The van der Waals surface area contributed by atoms with Crippen molar-refractivity contribution in [2.45, 2.75) is 38.8 Å². The van der Waals surface area contributed by atoms with E-state index in [1.54, 1.807) is 13.8 Å². The molecule has 1 aromatic rings. The molecule has 20 heavy (non-hydrogen) atoms. The van der Waals surface area contributed by atoms with Crippen LogP contribution in [-0.4, -0.2) is 21.5 Å². The van der Waals surface area contributed by atoms with Gasteiger partial charge < -0.3 is 5.11 Å². The number of halogens is 1. The van der Waals surface area contributed by atoms with Crippen LogP contribution in [0.25, 0.3) is 0 Å².